The Morgan fingerprint density at radius 2 is 1.65 bits per heavy atom. The highest BCUT2D eigenvalue weighted by atomic mass is 79.9. The topological polar surface area (TPSA) is 148 Å². The van der Waals surface area contributed by atoms with Gasteiger partial charge in [0.25, 0.3) is 0 Å². The fraction of sp³-hybridized carbons (Fsp3) is 0.460. The van der Waals surface area contributed by atoms with E-state index in [-0.39, 0.29) is 24.4 Å². The van der Waals surface area contributed by atoms with Crippen LogP contribution in [0.25, 0.3) is 10.9 Å². The molecule has 2 aromatic heterocycles. The van der Waals surface area contributed by atoms with Gasteiger partial charge >= 0.3 is 0 Å². The minimum absolute atomic E-state index is 0.0643. The second-order valence-corrected chi connectivity index (χ2v) is 23.1. The molecule has 3 saturated heterocycles. The number of para-hydroxylation sites is 1. The molecule has 360 valence electrons. The molecule has 0 radical (unpaired) electrons. The van der Waals surface area contributed by atoms with Gasteiger partial charge in [-0.1, -0.05) is 25.1 Å². The van der Waals surface area contributed by atoms with Gasteiger partial charge in [-0.3, -0.25) is 24.8 Å². The van der Waals surface area contributed by atoms with Crippen LogP contribution in [-0.4, -0.2) is 122 Å². The Morgan fingerprint density at radius 3 is 2.32 bits per heavy atom. The Kier molecular flexibility index (Phi) is 14.1. The number of hydrogen-bond donors (Lipinski definition) is 3. The molecule has 5 aromatic rings. The summed E-state index contributed by atoms with van der Waals surface area (Å²) in [6.07, 6.45) is 8.48. The predicted molar refractivity (Wildman–Crippen MR) is 269 cm³/mol. The molecule has 4 fully saturated rings. The van der Waals surface area contributed by atoms with Gasteiger partial charge in [0, 0.05) is 111 Å². The molecule has 68 heavy (non-hydrogen) atoms. The largest absolute Gasteiger partial charge is 0.494 e. The van der Waals surface area contributed by atoms with Crippen LogP contribution in [0.1, 0.15) is 62.5 Å². The zero-order chi connectivity index (χ0) is 47.9. The molecule has 18 heteroatoms. The Bertz CT molecular complexity index is 2730. The molecule has 1 aliphatic carbocycles. The van der Waals surface area contributed by atoms with Crippen molar-refractivity contribution in [1.29, 1.82) is 0 Å². The number of ether oxygens (including phenoxy) is 1. The number of pyridine rings is 1. The molecule has 4 aliphatic rings. The number of nitrogens with one attached hydrogen (secondary N) is 3. The van der Waals surface area contributed by atoms with Gasteiger partial charge in [0.15, 0.2) is 0 Å². The number of hydrogen-bond acceptors (Lipinski definition) is 13. The molecule has 3 aromatic carbocycles. The van der Waals surface area contributed by atoms with E-state index in [0.717, 1.165) is 99.8 Å². The second kappa shape index (κ2) is 20.0. The van der Waals surface area contributed by atoms with E-state index in [0.29, 0.717) is 45.3 Å². The van der Waals surface area contributed by atoms with E-state index < -0.39 is 36.5 Å². The molecule has 0 spiro atoms. The first-order chi connectivity index (χ1) is 32.7. The number of fused-ring (bicyclic) bond motifs is 1. The first kappa shape index (κ1) is 47.8. The van der Waals surface area contributed by atoms with Gasteiger partial charge in [0.2, 0.25) is 17.8 Å². The van der Waals surface area contributed by atoms with E-state index in [1.807, 2.05) is 36.2 Å². The number of benzene rings is 3. The van der Waals surface area contributed by atoms with Crippen LogP contribution in [0.2, 0.25) is 0 Å². The highest BCUT2D eigenvalue weighted by Crippen LogP contribution is 2.43. The minimum atomic E-state index is -2.72. The van der Waals surface area contributed by atoms with Gasteiger partial charge in [-0.25, -0.2) is 13.8 Å². The summed E-state index contributed by atoms with van der Waals surface area (Å²) >= 11 is 3.60. The van der Waals surface area contributed by atoms with Crippen LogP contribution in [-0.2, 0) is 20.6 Å². The van der Waals surface area contributed by atoms with Gasteiger partial charge in [0.1, 0.15) is 30.3 Å². The number of carbonyl (C=O) groups is 2. The summed E-state index contributed by atoms with van der Waals surface area (Å²) in [5, 5.41) is 10.6. The number of aryl methyl sites for hydroxylation is 1. The standard InChI is InChI=1S/C50H60BrF2N10O4P/c1-6-31-23-41(57-50-55-27-37(51)48(59-50)56-42-28-54-40-10-8-7-9-35(40)47(42)68(4,5)66)44(67-3)26-43(31)63-15-13-32(14-16-63)62-19-17-61(18-20-62)29-30-21-33(22-30)60(2)34-24-38(52)46(39(53)25-34)36-11-12-45(64)58-49(36)65/h7-10,23-28,30,32-33,36H,6,11-22,29H2,1-5H3,(H,58,64,65)(H2,55,56,57,59)/t30-,33-,36?. The third-order valence-corrected chi connectivity index (χ3v) is 16.5. The lowest BCUT2D eigenvalue weighted by Gasteiger charge is -2.47. The molecule has 5 heterocycles. The number of aromatic nitrogens is 3. The van der Waals surface area contributed by atoms with E-state index in [1.165, 1.54) is 23.4 Å². The van der Waals surface area contributed by atoms with E-state index in [1.54, 1.807) is 32.8 Å². The number of carbonyl (C=O) groups excluding carboxylic acids is 2. The number of halogens is 3. The van der Waals surface area contributed by atoms with Crippen molar-refractivity contribution < 1.29 is 27.7 Å². The molecule has 14 nitrogen and oxygen atoms in total. The van der Waals surface area contributed by atoms with Crippen LogP contribution in [0.3, 0.4) is 0 Å². The van der Waals surface area contributed by atoms with Gasteiger partial charge in [-0.2, -0.15) is 4.98 Å². The number of rotatable bonds is 14. The average molecular weight is 1010 g/mol. The van der Waals surface area contributed by atoms with E-state index >= 15 is 8.78 Å². The molecule has 1 saturated carbocycles. The Hall–Kier alpha value is -5.22. The fourth-order valence-corrected chi connectivity index (χ4v) is 12.4. The van der Waals surface area contributed by atoms with Crippen molar-refractivity contribution in [3.8, 4) is 5.75 Å². The van der Waals surface area contributed by atoms with Gasteiger partial charge in [-0.05, 0) is 104 Å². The summed E-state index contributed by atoms with van der Waals surface area (Å²) < 4.78 is 50.7. The molecule has 3 N–H and O–H groups in total. The summed E-state index contributed by atoms with van der Waals surface area (Å²) in [6, 6.07) is 15.4. The van der Waals surface area contributed by atoms with Crippen LogP contribution >= 0.6 is 23.1 Å². The van der Waals surface area contributed by atoms with E-state index in [2.05, 4.69) is 75.6 Å². The van der Waals surface area contributed by atoms with Crippen LogP contribution in [0.4, 0.5) is 43.3 Å². The number of imide groups is 1. The van der Waals surface area contributed by atoms with Crippen LogP contribution in [0.15, 0.2) is 65.4 Å². The highest BCUT2D eigenvalue weighted by molar-refractivity contribution is 9.10. The zero-order valence-corrected chi connectivity index (χ0v) is 41.8. The predicted octanol–water partition coefficient (Wildman–Crippen LogP) is 8.39. The van der Waals surface area contributed by atoms with Crippen molar-refractivity contribution >= 4 is 85.6 Å². The SMILES string of the molecule is CCc1cc(Nc2ncc(Br)c(Nc3cnc4ccccc4c3P(C)(C)=O)n2)c(OC)cc1N1CCC(N2CCN(C[C@H]3C[C@H](N(C)c4cc(F)c(C5CCC(=O)NC5=O)c(F)c4)C3)CC2)CC1. The molecular weight excluding hydrogens is 953 g/mol. The maximum Gasteiger partial charge on any atom is 0.234 e. The highest BCUT2D eigenvalue weighted by Gasteiger charge is 2.37. The van der Waals surface area contributed by atoms with E-state index in [4.69, 9.17) is 9.72 Å². The number of nitrogens with zero attached hydrogens (tertiary/aromatic N) is 7. The number of methoxy groups -OCH3 is 1. The van der Waals surface area contributed by atoms with Crippen LogP contribution in [0.5, 0.6) is 5.75 Å². The second-order valence-electron chi connectivity index (χ2n) is 19.0. The smallest absolute Gasteiger partial charge is 0.234 e. The lowest BCUT2D eigenvalue weighted by molar-refractivity contribution is -0.134. The fourth-order valence-electron chi connectivity index (χ4n) is 10.6. The number of piperazine rings is 1. The number of piperidine rings is 2. The quantitative estimate of drug-likeness (QED) is 0.0724. The maximum absolute atomic E-state index is 15.2. The summed E-state index contributed by atoms with van der Waals surface area (Å²) in [5.74, 6) is -1.43. The lowest BCUT2D eigenvalue weighted by Crippen LogP contribution is -2.55. The van der Waals surface area contributed by atoms with Gasteiger partial charge < -0.3 is 34.6 Å². The molecular formula is C50H60BrF2N10O4P. The lowest BCUT2D eigenvalue weighted by atomic mass is 9.78. The summed E-state index contributed by atoms with van der Waals surface area (Å²) in [5.41, 5.74) is 4.77. The van der Waals surface area contributed by atoms with Gasteiger partial charge in [0.05, 0.1) is 40.6 Å². The normalized spacial score (nSPS) is 20.8. The molecule has 1 unspecified atom stereocenters. The van der Waals surface area contributed by atoms with E-state index in [9.17, 15) is 14.2 Å². The summed E-state index contributed by atoms with van der Waals surface area (Å²) in [7, 11) is 0.841. The minimum Gasteiger partial charge on any atom is -0.494 e. The van der Waals surface area contributed by atoms with Crippen LogP contribution in [0, 0.1) is 17.6 Å². The maximum atomic E-state index is 15.2. The van der Waals surface area contributed by atoms with Crippen LogP contribution < -0.4 is 35.8 Å². The molecule has 3 aliphatic heterocycles. The number of amides is 2. The van der Waals surface area contributed by atoms with Crippen molar-refractivity contribution in [2.24, 2.45) is 5.92 Å². The van der Waals surface area contributed by atoms with Crippen molar-refractivity contribution in [1.82, 2.24) is 30.1 Å². The van der Waals surface area contributed by atoms with Crippen molar-refractivity contribution in [2.45, 2.75) is 69.9 Å². The van der Waals surface area contributed by atoms with Gasteiger partial charge in [-0.15, -0.1) is 0 Å². The summed E-state index contributed by atoms with van der Waals surface area (Å²) in [6.45, 7) is 12.8. The first-order valence-electron chi connectivity index (χ1n) is 23.6. The van der Waals surface area contributed by atoms with Crippen molar-refractivity contribution in [3.05, 3.63) is 88.2 Å². The third-order valence-electron chi connectivity index (χ3n) is 14.4. The number of anilines is 6. The zero-order valence-electron chi connectivity index (χ0n) is 39.3. The Balaban J connectivity index is 0.765. The Labute approximate surface area is 405 Å². The molecule has 1 atom stereocenters. The third kappa shape index (κ3) is 10.1. The average Bonchev–Trinajstić information content (AvgIpc) is 3.31. The van der Waals surface area contributed by atoms with Crippen molar-refractivity contribution in [3.63, 3.8) is 0 Å². The molecule has 9 rings (SSSR count). The monoisotopic (exact) mass is 1010 g/mol. The Morgan fingerprint density at radius 1 is 0.926 bits per heavy atom. The molecule has 0 bridgehead atoms. The summed E-state index contributed by atoms with van der Waals surface area (Å²) in [4.78, 5) is 47.6. The van der Waals surface area contributed by atoms with Crippen molar-refractivity contribution in [2.75, 3.05) is 93.7 Å². The molecule has 2 amide bonds. The first-order valence-corrected chi connectivity index (χ1v) is 27.0.